The van der Waals surface area contributed by atoms with Crippen molar-refractivity contribution in [2.24, 2.45) is 5.92 Å². The number of nitrogens with zero attached hydrogens (tertiary/aromatic N) is 3. The fourth-order valence-corrected chi connectivity index (χ4v) is 6.37. The monoisotopic (exact) mass is 564 g/mol. The number of aliphatic hydroxyl groups is 1. The van der Waals surface area contributed by atoms with Crippen LogP contribution in [0, 0.1) is 5.92 Å². The fourth-order valence-electron chi connectivity index (χ4n) is 4.98. The second-order valence-corrected chi connectivity index (χ2v) is 10.3. The van der Waals surface area contributed by atoms with E-state index in [4.69, 9.17) is 4.74 Å². The number of aromatic nitrogens is 2. The Morgan fingerprint density at radius 1 is 1.12 bits per heavy atom. The highest BCUT2D eigenvalue weighted by atomic mass is 79.9. The lowest BCUT2D eigenvalue weighted by molar-refractivity contribution is -0.939. The summed E-state index contributed by atoms with van der Waals surface area (Å²) in [6, 6.07) is 5.20. The molecule has 11 heteroatoms. The molecule has 0 spiro atoms. The Balaban J connectivity index is 0.00000274. The van der Waals surface area contributed by atoms with Crippen molar-refractivity contribution >= 4 is 40.5 Å². The first kappa shape index (κ1) is 24.9. The van der Waals surface area contributed by atoms with E-state index in [9.17, 15) is 14.7 Å². The summed E-state index contributed by atoms with van der Waals surface area (Å²) in [6.45, 7) is 2.56. The molecular weight excluding hydrogens is 540 g/mol. The summed E-state index contributed by atoms with van der Waals surface area (Å²) in [4.78, 5) is 34.2. The molecule has 6 heterocycles. The zero-order valence-corrected chi connectivity index (χ0v) is 21.5. The third-order valence-corrected chi connectivity index (χ3v) is 8.14. The van der Waals surface area contributed by atoms with Crippen LogP contribution in [0.3, 0.4) is 0 Å². The molecule has 2 N–H and O–H groups in total. The Morgan fingerprint density at radius 2 is 1.74 bits per heavy atom. The van der Waals surface area contributed by atoms with Gasteiger partial charge in [-0.2, -0.15) is 22.7 Å². The summed E-state index contributed by atoms with van der Waals surface area (Å²) in [5.41, 5.74) is -0.801. The van der Waals surface area contributed by atoms with E-state index in [1.165, 1.54) is 22.7 Å². The van der Waals surface area contributed by atoms with Gasteiger partial charge in [-0.3, -0.25) is 10.1 Å². The van der Waals surface area contributed by atoms with Crippen LogP contribution in [0.15, 0.2) is 52.1 Å². The molecule has 8 nitrogen and oxygen atoms in total. The van der Waals surface area contributed by atoms with Gasteiger partial charge in [0.15, 0.2) is 12.6 Å². The molecule has 1 amide bonds. The second kappa shape index (κ2) is 10.2. The highest BCUT2D eigenvalue weighted by Crippen LogP contribution is 2.39. The van der Waals surface area contributed by atoms with Crippen molar-refractivity contribution in [3.05, 3.63) is 63.2 Å². The first-order valence-electron chi connectivity index (χ1n) is 10.9. The molecule has 3 saturated heterocycles. The predicted molar refractivity (Wildman–Crippen MR) is 125 cm³/mol. The minimum atomic E-state index is -1.83. The van der Waals surface area contributed by atoms with Crippen molar-refractivity contribution in [3.63, 3.8) is 0 Å². The van der Waals surface area contributed by atoms with Gasteiger partial charge in [-0.15, -0.1) is 0 Å². The smallest absolute Gasteiger partial charge is 0.348 e. The minimum Gasteiger partial charge on any atom is -1.00 e. The lowest BCUT2D eigenvalue weighted by Crippen LogP contribution is -3.00. The number of fused-ring (bicyclic) bond motifs is 3. The van der Waals surface area contributed by atoms with Crippen molar-refractivity contribution in [2.45, 2.75) is 24.5 Å². The molecule has 3 fully saturated rings. The maximum absolute atomic E-state index is 13.4. The molecule has 1 atom stereocenters. The van der Waals surface area contributed by atoms with Crippen LogP contribution < -0.4 is 22.3 Å². The lowest BCUT2D eigenvalue weighted by atomic mass is 9.82. The Morgan fingerprint density at radius 3 is 2.29 bits per heavy atom. The van der Waals surface area contributed by atoms with E-state index < -0.39 is 11.6 Å². The van der Waals surface area contributed by atoms with E-state index in [0.717, 1.165) is 25.9 Å². The van der Waals surface area contributed by atoms with Crippen molar-refractivity contribution in [3.8, 4) is 0 Å². The van der Waals surface area contributed by atoms with E-state index in [1.807, 2.05) is 10.8 Å². The number of hydrogen-bond donors (Lipinski definition) is 2. The fraction of sp³-hybridized carbons (Fsp3) is 0.391. The largest absolute Gasteiger partial charge is 1.00 e. The number of ether oxygens (including phenoxy) is 1. The van der Waals surface area contributed by atoms with Crippen LogP contribution in [0.25, 0.3) is 0 Å². The van der Waals surface area contributed by atoms with Crippen LogP contribution in [0.4, 0.5) is 5.95 Å². The summed E-state index contributed by atoms with van der Waals surface area (Å²) in [5.74, 6) is -0.283. The van der Waals surface area contributed by atoms with Gasteiger partial charge in [-0.1, -0.05) is 0 Å². The maximum Gasteiger partial charge on any atom is 0.348 e. The summed E-state index contributed by atoms with van der Waals surface area (Å²) >= 11 is 2.85. The zero-order valence-electron chi connectivity index (χ0n) is 18.3. The summed E-state index contributed by atoms with van der Waals surface area (Å²) in [7, 11) is 0. The molecule has 3 aliphatic heterocycles. The number of esters is 1. The molecular formula is C23H25BrN4O4S2. The van der Waals surface area contributed by atoms with Crippen LogP contribution in [0.1, 0.15) is 24.0 Å². The number of hydrogen-bond acceptors (Lipinski definition) is 8. The molecule has 180 valence electrons. The molecule has 3 aromatic rings. The summed E-state index contributed by atoms with van der Waals surface area (Å²) in [6.07, 6.45) is 4.58. The number of carbonyl (C=O) groups excluding carboxylic acids is 2. The van der Waals surface area contributed by atoms with Gasteiger partial charge in [0.2, 0.25) is 11.5 Å². The van der Waals surface area contributed by atoms with Gasteiger partial charge in [0.25, 0.3) is 5.91 Å². The Labute approximate surface area is 216 Å². The standard InChI is InChI=1S/C23H24N4O4S2.BrH/c28-20(26-22-24-6-1-7-25-22)13-27-8-2-16(3-9-27)19(12-27)31-21(29)23(30,17-4-10-32-14-17)18-5-11-33-15-18;/h1,4-7,10-11,14-16,19,30H,2-3,8-9,12-13H2;1H/t16?,19-,27?;/m0./s1. The molecule has 3 aliphatic rings. The minimum absolute atomic E-state index is 0. The van der Waals surface area contributed by atoms with Crippen molar-refractivity contribution < 1.29 is 40.9 Å². The number of carbonyl (C=O) groups is 2. The van der Waals surface area contributed by atoms with Gasteiger partial charge in [-0.05, 0) is 39.7 Å². The SMILES string of the molecule is O=C(C[N+]12CCC(CC1)[C@@H](OC(=O)C(O)(c1ccsc1)c1ccsc1)C2)Nc1ncccn1.[Br-]. The van der Waals surface area contributed by atoms with Crippen LogP contribution >= 0.6 is 22.7 Å². The van der Waals surface area contributed by atoms with Crippen LogP contribution in [0.2, 0.25) is 0 Å². The predicted octanol–water partition coefficient (Wildman–Crippen LogP) is -0.370. The van der Waals surface area contributed by atoms with Gasteiger partial charge < -0.3 is 31.3 Å². The maximum atomic E-state index is 13.4. The van der Waals surface area contributed by atoms with E-state index in [0.29, 0.717) is 22.2 Å². The Kier molecular flexibility index (Phi) is 7.48. The zero-order chi connectivity index (χ0) is 22.9. The van der Waals surface area contributed by atoms with Gasteiger partial charge in [0.05, 0.1) is 13.1 Å². The molecule has 0 aromatic carbocycles. The third kappa shape index (κ3) is 4.80. The third-order valence-electron chi connectivity index (χ3n) is 6.77. The Bertz CT molecular complexity index is 1070. The topological polar surface area (TPSA) is 101 Å². The molecule has 2 bridgehead atoms. The number of piperidine rings is 3. The molecule has 0 aliphatic carbocycles. The highest BCUT2D eigenvalue weighted by Gasteiger charge is 2.51. The van der Waals surface area contributed by atoms with Gasteiger partial charge in [0.1, 0.15) is 6.54 Å². The van der Waals surface area contributed by atoms with E-state index in [-0.39, 0.29) is 47.4 Å². The summed E-state index contributed by atoms with van der Waals surface area (Å²) < 4.78 is 6.57. The number of rotatable bonds is 7. The number of amides is 1. The van der Waals surface area contributed by atoms with E-state index in [1.54, 1.807) is 41.4 Å². The van der Waals surface area contributed by atoms with E-state index >= 15 is 0 Å². The van der Waals surface area contributed by atoms with Crippen LogP contribution in [-0.4, -0.2) is 63.7 Å². The Hall–Kier alpha value is -2.18. The number of quaternary nitrogens is 1. The van der Waals surface area contributed by atoms with Gasteiger partial charge in [-0.25, -0.2) is 14.8 Å². The number of thiophene rings is 2. The second-order valence-electron chi connectivity index (χ2n) is 8.77. The van der Waals surface area contributed by atoms with Crippen molar-refractivity contribution in [2.75, 3.05) is 31.5 Å². The number of anilines is 1. The average molecular weight is 566 g/mol. The normalized spacial score (nSPS) is 23.7. The van der Waals surface area contributed by atoms with Gasteiger partial charge >= 0.3 is 5.97 Å². The van der Waals surface area contributed by atoms with Crippen LogP contribution in [0.5, 0.6) is 0 Å². The molecule has 3 aromatic heterocycles. The number of nitrogens with one attached hydrogen (secondary N) is 1. The quantitative estimate of drug-likeness (QED) is 0.300. The number of halogens is 1. The highest BCUT2D eigenvalue weighted by molar-refractivity contribution is 7.08. The molecule has 0 saturated carbocycles. The van der Waals surface area contributed by atoms with E-state index in [2.05, 4.69) is 15.3 Å². The molecule has 0 unspecified atom stereocenters. The first-order chi connectivity index (χ1) is 16.0. The average Bonchev–Trinajstić information content (AvgIpc) is 3.54. The van der Waals surface area contributed by atoms with Crippen molar-refractivity contribution in [1.29, 1.82) is 0 Å². The van der Waals surface area contributed by atoms with Gasteiger partial charge in [0, 0.05) is 42.3 Å². The lowest BCUT2D eigenvalue weighted by Gasteiger charge is -2.51. The van der Waals surface area contributed by atoms with Crippen molar-refractivity contribution in [1.82, 2.24) is 9.97 Å². The molecule has 34 heavy (non-hydrogen) atoms. The van der Waals surface area contributed by atoms with Crippen LogP contribution in [-0.2, 0) is 19.9 Å². The first-order valence-corrected chi connectivity index (χ1v) is 12.8. The molecule has 0 radical (unpaired) electrons. The summed E-state index contributed by atoms with van der Waals surface area (Å²) in [5, 5.41) is 21.5. The molecule has 6 rings (SSSR count).